The summed E-state index contributed by atoms with van der Waals surface area (Å²) in [6.07, 6.45) is 0. The van der Waals surface area contributed by atoms with Gasteiger partial charge in [0.05, 0.1) is 22.6 Å². The van der Waals surface area contributed by atoms with E-state index in [-0.39, 0.29) is 11.8 Å². The number of likely N-dealkylation sites (tertiary alicyclic amines) is 1. The number of H-pyrrole nitrogens is 1. The van der Waals surface area contributed by atoms with E-state index in [9.17, 15) is 4.79 Å². The Labute approximate surface area is 125 Å². The van der Waals surface area contributed by atoms with Crippen molar-refractivity contribution in [2.75, 3.05) is 13.1 Å². The van der Waals surface area contributed by atoms with Crippen LogP contribution in [0.2, 0.25) is 0 Å². The van der Waals surface area contributed by atoms with Crippen LogP contribution in [0, 0.1) is 6.92 Å². The molecule has 1 N–H and O–H groups in total. The summed E-state index contributed by atoms with van der Waals surface area (Å²) in [5, 5.41) is 3.89. The van der Waals surface area contributed by atoms with Crippen LogP contribution in [0.15, 0.2) is 24.3 Å². The number of carbonyl (C=O) groups is 1. The third kappa shape index (κ3) is 2.01. The number of benzene rings is 1. The molecule has 7 heteroatoms. The summed E-state index contributed by atoms with van der Waals surface area (Å²) < 4.78 is 3.82. The van der Waals surface area contributed by atoms with E-state index in [1.807, 2.05) is 36.1 Å². The summed E-state index contributed by atoms with van der Waals surface area (Å²) in [6.45, 7) is 3.19. The zero-order valence-electron chi connectivity index (χ0n) is 11.4. The molecule has 0 aliphatic carbocycles. The maximum atomic E-state index is 12.3. The molecule has 0 saturated carbocycles. The number of aryl methyl sites for hydroxylation is 1. The van der Waals surface area contributed by atoms with Crippen LogP contribution in [-0.4, -0.2) is 43.5 Å². The third-order valence-electron chi connectivity index (χ3n) is 3.81. The highest BCUT2D eigenvalue weighted by Crippen LogP contribution is 2.28. The number of para-hydroxylation sites is 2. The van der Waals surface area contributed by atoms with Crippen molar-refractivity contribution in [3.05, 3.63) is 40.7 Å². The summed E-state index contributed by atoms with van der Waals surface area (Å²) in [5.41, 5.74) is 2.72. The number of aromatic nitrogens is 4. The summed E-state index contributed by atoms with van der Waals surface area (Å²) >= 11 is 1.16. The van der Waals surface area contributed by atoms with E-state index in [1.165, 1.54) is 0 Å². The predicted molar refractivity (Wildman–Crippen MR) is 79.4 cm³/mol. The molecule has 2 aromatic heterocycles. The molecule has 0 spiro atoms. The van der Waals surface area contributed by atoms with Crippen molar-refractivity contribution in [3.8, 4) is 0 Å². The number of hydrogen-bond donors (Lipinski definition) is 1. The van der Waals surface area contributed by atoms with E-state index in [1.54, 1.807) is 0 Å². The van der Waals surface area contributed by atoms with Gasteiger partial charge < -0.3 is 9.88 Å². The van der Waals surface area contributed by atoms with Gasteiger partial charge >= 0.3 is 0 Å². The van der Waals surface area contributed by atoms with E-state index < -0.39 is 0 Å². The van der Waals surface area contributed by atoms with E-state index in [4.69, 9.17) is 0 Å². The lowest BCUT2D eigenvalue weighted by molar-refractivity contribution is 0.0600. The average Bonchev–Trinajstić information content (AvgIpc) is 3.02. The summed E-state index contributed by atoms with van der Waals surface area (Å²) in [5.74, 6) is 1.26. The lowest BCUT2D eigenvalue weighted by Crippen LogP contribution is -2.48. The van der Waals surface area contributed by atoms with Crippen LogP contribution >= 0.6 is 11.5 Å². The minimum atomic E-state index is 0.0230. The van der Waals surface area contributed by atoms with Gasteiger partial charge in [-0.15, -0.1) is 5.10 Å². The number of imidazole rings is 1. The second-order valence-corrected chi connectivity index (χ2v) is 5.99. The van der Waals surface area contributed by atoms with Crippen LogP contribution in [0.25, 0.3) is 11.0 Å². The van der Waals surface area contributed by atoms with E-state index in [0.29, 0.717) is 23.7 Å². The molecule has 3 aromatic rings. The molecule has 21 heavy (non-hydrogen) atoms. The molecule has 1 aliphatic heterocycles. The SMILES string of the molecule is Cc1nnsc1C(=O)N1CC(c2nc3ccccc3[nH]2)C1. The molecule has 6 nitrogen and oxygen atoms in total. The fourth-order valence-electron chi connectivity index (χ4n) is 2.55. The molecular formula is C14H13N5OS. The van der Waals surface area contributed by atoms with E-state index >= 15 is 0 Å². The number of aromatic amines is 1. The standard InChI is InChI=1S/C14H13N5OS/c1-8-12(21-18-17-8)14(20)19-6-9(7-19)13-15-10-4-2-3-5-11(10)16-13/h2-5,9H,6-7H2,1H3,(H,15,16). The largest absolute Gasteiger partial charge is 0.342 e. The summed E-state index contributed by atoms with van der Waals surface area (Å²) in [4.78, 5) is 22.7. The average molecular weight is 299 g/mol. The van der Waals surface area contributed by atoms with Crippen molar-refractivity contribution >= 4 is 28.5 Å². The maximum absolute atomic E-state index is 12.3. The highest BCUT2D eigenvalue weighted by molar-refractivity contribution is 7.07. The number of nitrogens with one attached hydrogen (secondary N) is 1. The van der Waals surface area contributed by atoms with Crippen molar-refractivity contribution < 1.29 is 4.79 Å². The van der Waals surface area contributed by atoms with Crippen LogP contribution in [0.4, 0.5) is 0 Å². The fourth-order valence-corrected chi connectivity index (χ4v) is 3.18. The van der Waals surface area contributed by atoms with Gasteiger partial charge in [0.25, 0.3) is 5.91 Å². The molecule has 3 heterocycles. The Kier molecular flexibility index (Phi) is 2.75. The van der Waals surface area contributed by atoms with Crippen LogP contribution in [0.5, 0.6) is 0 Å². The fraction of sp³-hybridized carbons (Fsp3) is 0.286. The van der Waals surface area contributed by atoms with Crippen molar-refractivity contribution in [2.45, 2.75) is 12.8 Å². The summed E-state index contributed by atoms with van der Waals surface area (Å²) in [6, 6.07) is 7.96. The zero-order chi connectivity index (χ0) is 14.4. The number of rotatable bonds is 2. The molecule has 1 aliphatic rings. The number of carbonyl (C=O) groups excluding carboxylic acids is 1. The Balaban J connectivity index is 1.49. The second-order valence-electron chi connectivity index (χ2n) is 5.23. The monoisotopic (exact) mass is 299 g/mol. The first kappa shape index (κ1) is 12.5. The van der Waals surface area contributed by atoms with E-state index in [0.717, 1.165) is 28.4 Å². The van der Waals surface area contributed by atoms with Gasteiger partial charge in [-0.3, -0.25) is 4.79 Å². The Morgan fingerprint density at radius 3 is 2.90 bits per heavy atom. The van der Waals surface area contributed by atoms with Gasteiger partial charge in [-0.2, -0.15) is 0 Å². The summed E-state index contributed by atoms with van der Waals surface area (Å²) in [7, 11) is 0. The minimum absolute atomic E-state index is 0.0230. The predicted octanol–water partition coefficient (Wildman–Crippen LogP) is 1.96. The molecule has 106 valence electrons. The molecule has 0 unspecified atom stereocenters. The van der Waals surface area contributed by atoms with Crippen LogP contribution in [0.3, 0.4) is 0 Å². The highest BCUT2D eigenvalue weighted by atomic mass is 32.1. The second kappa shape index (κ2) is 4.63. The molecule has 4 rings (SSSR count). The minimum Gasteiger partial charge on any atom is -0.342 e. The Morgan fingerprint density at radius 1 is 1.38 bits per heavy atom. The molecule has 0 radical (unpaired) electrons. The van der Waals surface area contributed by atoms with E-state index in [2.05, 4.69) is 19.6 Å². The molecule has 1 aromatic carbocycles. The number of fused-ring (bicyclic) bond motifs is 1. The maximum Gasteiger partial charge on any atom is 0.267 e. The van der Waals surface area contributed by atoms with Gasteiger partial charge in [0, 0.05) is 13.1 Å². The van der Waals surface area contributed by atoms with Crippen LogP contribution in [0.1, 0.15) is 27.1 Å². The Bertz CT molecular complexity index is 785. The normalized spacial score (nSPS) is 15.4. The Morgan fingerprint density at radius 2 is 2.19 bits per heavy atom. The molecule has 0 bridgehead atoms. The quantitative estimate of drug-likeness (QED) is 0.785. The topological polar surface area (TPSA) is 74.8 Å². The van der Waals surface area contributed by atoms with Gasteiger partial charge in [-0.1, -0.05) is 16.6 Å². The van der Waals surface area contributed by atoms with Gasteiger partial charge in [0.1, 0.15) is 10.7 Å². The van der Waals surface area contributed by atoms with Crippen molar-refractivity contribution in [1.82, 2.24) is 24.5 Å². The number of amides is 1. The molecule has 1 fully saturated rings. The zero-order valence-corrected chi connectivity index (χ0v) is 12.2. The van der Waals surface area contributed by atoms with Crippen molar-refractivity contribution in [3.63, 3.8) is 0 Å². The smallest absolute Gasteiger partial charge is 0.267 e. The molecular weight excluding hydrogens is 286 g/mol. The molecule has 0 atom stereocenters. The first-order valence-electron chi connectivity index (χ1n) is 6.75. The first-order valence-corrected chi connectivity index (χ1v) is 7.52. The van der Waals surface area contributed by atoms with Gasteiger partial charge in [0.2, 0.25) is 0 Å². The molecule has 1 amide bonds. The molecule has 1 saturated heterocycles. The first-order chi connectivity index (χ1) is 10.2. The highest BCUT2D eigenvalue weighted by Gasteiger charge is 2.35. The Hall–Kier alpha value is -2.28. The number of hydrogen-bond acceptors (Lipinski definition) is 5. The lowest BCUT2D eigenvalue weighted by atomic mass is 9.99. The van der Waals surface area contributed by atoms with Gasteiger partial charge in [-0.05, 0) is 30.6 Å². The van der Waals surface area contributed by atoms with Crippen LogP contribution in [-0.2, 0) is 0 Å². The van der Waals surface area contributed by atoms with Gasteiger partial charge in [-0.25, -0.2) is 4.98 Å². The van der Waals surface area contributed by atoms with Crippen molar-refractivity contribution in [2.24, 2.45) is 0 Å². The third-order valence-corrected chi connectivity index (χ3v) is 4.62. The number of nitrogens with zero attached hydrogens (tertiary/aromatic N) is 4. The van der Waals surface area contributed by atoms with Gasteiger partial charge in [0.15, 0.2) is 0 Å². The van der Waals surface area contributed by atoms with Crippen molar-refractivity contribution in [1.29, 1.82) is 0 Å². The van der Waals surface area contributed by atoms with Crippen LogP contribution < -0.4 is 0 Å². The lowest BCUT2D eigenvalue weighted by Gasteiger charge is -2.37.